The van der Waals surface area contributed by atoms with Gasteiger partial charge >= 0.3 is 0 Å². The highest BCUT2D eigenvalue weighted by Gasteiger charge is 2.09. The molecule has 2 aromatic carbocycles. The number of hydrogen-bond donors (Lipinski definition) is 1. The summed E-state index contributed by atoms with van der Waals surface area (Å²) in [6.45, 7) is 0.985. The molecule has 3 rings (SSSR count). The second-order valence-electron chi connectivity index (χ2n) is 6.26. The average molecular weight is 400 g/mol. The zero-order chi connectivity index (χ0) is 20.0. The fourth-order valence-electron chi connectivity index (χ4n) is 2.53. The van der Waals surface area contributed by atoms with Crippen LogP contribution in [-0.4, -0.2) is 42.0 Å². The van der Waals surface area contributed by atoms with Crippen LogP contribution < -0.4 is 10.1 Å². The van der Waals surface area contributed by atoms with E-state index in [2.05, 4.69) is 15.4 Å². The van der Waals surface area contributed by atoms with Gasteiger partial charge in [0, 0.05) is 23.6 Å². The number of sulfone groups is 1. The predicted octanol–water partition coefficient (Wildman–Crippen LogP) is 2.15. The third-order valence-electron chi connectivity index (χ3n) is 3.79. The maximum Gasteiger partial charge on any atom is 0.255 e. The molecule has 28 heavy (non-hydrogen) atoms. The molecule has 0 saturated carbocycles. The van der Waals surface area contributed by atoms with Crippen LogP contribution in [0.4, 0.5) is 5.69 Å². The van der Waals surface area contributed by atoms with E-state index < -0.39 is 9.84 Å². The molecule has 146 valence electrons. The molecule has 3 aromatic rings. The number of benzene rings is 2. The number of ether oxygens (including phenoxy) is 1. The lowest BCUT2D eigenvalue weighted by Crippen LogP contribution is -2.12. The molecule has 0 spiro atoms. The van der Waals surface area contributed by atoms with E-state index in [-0.39, 0.29) is 11.7 Å². The van der Waals surface area contributed by atoms with E-state index >= 15 is 0 Å². The zero-order valence-corrected chi connectivity index (χ0v) is 16.1. The normalized spacial score (nSPS) is 11.2. The van der Waals surface area contributed by atoms with Crippen molar-refractivity contribution in [2.24, 2.45) is 0 Å². The van der Waals surface area contributed by atoms with Crippen molar-refractivity contribution in [1.82, 2.24) is 14.8 Å². The largest absolute Gasteiger partial charge is 0.492 e. The quantitative estimate of drug-likeness (QED) is 0.621. The standard InChI is InChI=1S/C19H20N4O4S/c1-28(25,26)12-15-5-7-16(8-6-15)19(24)22-17-3-2-4-18(11-17)27-10-9-23-14-20-13-21-23/h2-8,11,13-14H,9-10,12H2,1H3,(H,22,24). The Balaban J connectivity index is 1.57. The lowest BCUT2D eigenvalue weighted by molar-refractivity contribution is 0.102. The summed E-state index contributed by atoms with van der Waals surface area (Å²) in [5, 5.41) is 6.80. The van der Waals surface area contributed by atoms with E-state index in [1.54, 1.807) is 59.5 Å². The van der Waals surface area contributed by atoms with Gasteiger partial charge in [-0.3, -0.25) is 4.79 Å². The first-order valence-corrected chi connectivity index (χ1v) is 10.6. The molecule has 9 heteroatoms. The number of aromatic nitrogens is 3. The summed E-state index contributed by atoms with van der Waals surface area (Å²) in [6.07, 6.45) is 4.25. The molecule has 1 heterocycles. The molecule has 1 N–H and O–H groups in total. The lowest BCUT2D eigenvalue weighted by Gasteiger charge is -2.09. The first-order chi connectivity index (χ1) is 13.4. The molecular weight excluding hydrogens is 380 g/mol. The van der Waals surface area contributed by atoms with Crippen LogP contribution in [0.15, 0.2) is 61.2 Å². The third-order valence-corrected chi connectivity index (χ3v) is 4.65. The van der Waals surface area contributed by atoms with Gasteiger partial charge in [0.2, 0.25) is 0 Å². The smallest absolute Gasteiger partial charge is 0.255 e. The number of nitrogens with zero attached hydrogens (tertiary/aromatic N) is 3. The first-order valence-electron chi connectivity index (χ1n) is 8.52. The van der Waals surface area contributed by atoms with Gasteiger partial charge in [-0.1, -0.05) is 18.2 Å². The summed E-state index contributed by atoms with van der Waals surface area (Å²) in [7, 11) is -3.11. The van der Waals surface area contributed by atoms with Gasteiger partial charge in [0.1, 0.15) is 25.0 Å². The Morgan fingerprint density at radius 2 is 1.96 bits per heavy atom. The van der Waals surface area contributed by atoms with E-state index in [9.17, 15) is 13.2 Å². The summed E-state index contributed by atoms with van der Waals surface area (Å²) in [5.41, 5.74) is 1.68. The molecule has 0 aliphatic carbocycles. The minimum absolute atomic E-state index is 0.0527. The summed E-state index contributed by atoms with van der Waals surface area (Å²) >= 11 is 0. The Kier molecular flexibility index (Phi) is 6.05. The lowest BCUT2D eigenvalue weighted by atomic mass is 10.1. The van der Waals surface area contributed by atoms with E-state index in [1.807, 2.05) is 0 Å². The van der Waals surface area contributed by atoms with E-state index in [0.717, 1.165) is 0 Å². The molecule has 1 amide bonds. The number of amides is 1. The fourth-order valence-corrected chi connectivity index (χ4v) is 3.33. The highest BCUT2D eigenvalue weighted by Crippen LogP contribution is 2.18. The van der Waals surface area contributed by atoms with Gasteiger partial charge in [-0.15, -0.1) is 0 Å². The molecular formula is C19H20N4O4S. The number of carbonyl (C=O) groups excluding carboxylic acids is 1. The van der Waals surface area contributed by atoms with Crippen LogP contribution >= 0.6 is 0 Å². The van der Waals surface area contributed by atoms with Gasteiger partial charge in [0.15, 0.2) is 9.84 Å². The van der Waals surface area contributed by atoms with Crippen LogP contribution in [0.25, 0.3) is 0 Å². The first kappa shape index (κ1) is 19.6. The van der Waals surface area contributed by atoms with Gasteiger partial charge in [-0.2, -0.15) is 5.10 Å². The number of hydrogen-bond acceptors (Lipinski definition) is 6. The van der Waals surface area contributed by atoms with Crippen LogP contribution in [0, 0.1) is 0 Å². The van der Waals surface area contributed by atoms with Crippen LogP contribution in [0.2, 0.25) is 0 Å². The SMILES string of the molecule is CS(=O)(=O)Cc1ccc(C(=O)Nc2cccc(OCCn3cncn3)c2)cc1. The molecule has 0 aliphatic rings. The van der Waals surface area contributed by atoms with Crippen LogP contribution in [0.3, 0.4) is 0 Å². The summed E-state index contributed by atoms with van der Waals surface area (Å²) in [6, 6.07) is 13.6. The van der Waals surface area contributed by atoms with Crippen molar-refractivity contribution in [3.8, 4) is 5.75 Å². The molecule has 0 atom stereocenters. The van der Waals surface area contributed by atoms with Gasteiger partial charge < -0.3 is 10.1 Å². The third kappa shape index (κ3) is 5.92. The van der Waals surface area contributed by atoms with Crippen LogP contribution in [-0.2, 0) is 22.1 Å². The molecule has 1 aromatic heterocycles. The van der Waals surface area contributed by atoms with Gasteiger partial charge in [-0.05, 0) is 29.8 Å². The maximum atomic E-state index is 12.4. The number of anilines is 1. The van der Waals surface area contributed by atoms with Gasteiger partial charge in [-0.25, -0.2) is 18.1 Å². The van der Waals surface area contributed by atoms with Crippen LogP contribution in [0.1, 0.15) is 15.9 Å². The minimum Gasteiger partial charge on any atom is -0.492 e. The van der Waals surface area contributed by atoms with Crippen molar-refractivity contribution in [3.63, 3.8) is 0 Å². The van der Waals surface area contributed by atoms with Crippen molar-refractivity contribution in [1.29, 1.82) is 0 Å². The predicted molar refractivity (Wildman–Crippen MR) is 105 cm³/mol. The summed E-state index contributed by atoms with van der Waals surface area (Å²) < 4.78 is 30.0. The minimum atomic E-state index is -3.11. The molecule has 0 saturated heterocycles. The van der Waals surface area contributed by atoms with Crippen molar-refractivity contribution in [2.45, 2.75) is 12.3 Å². The second-order valence-corrected chi connectivity index (χ2v) is 8.40. The Bertz CT molecular complexity index is 1030. The average Bonchev–Trinajstić information content (AvgIpc) is 3.15. The van der Waals surface area contributed by atoms with Crippen LogP contribution in [0.5, 0.6) is 5.75 Å². The summed E-state index contributed by atoms with van der Waals surface area (Å²) in [4.78, 5) is 16.3. The Morgan fingerprint density at radius 1 is 1.18 bits per heavy atom. The number of carbonyl (C=O) groups is 1. The molecule has 0 bridgehead atoms. The van der Waals surface area contributed by atoms with E-state index in [4.69, 9.17) is 4.74 Å². The van der Waals surface area contributed by atoms with Crippen molar-refractivity contribution in [3.05, 3.63) is 72.3 Å². The van der Waals surface area contributed by atoms with E-state index in [1.165, 1.54) is 12.6 Å². The Labute approximate surface area is 163 Å². The van der Waals surface area contributed by atoms with Crippen molar-refractivity contribution < 1.29 is 17.9 Å². The molecule has 0 aliphatic heterocycles. The van der Waals surface area contributed by atoms with Crippen molar-refractivity contribution >= 4 is 21.4 Å². The Morgan fingerprint density at radius 3 is 2.64 bits per heavy atom. The fraction of sp³-hybridized carbons (Fsp3) is 0.211. The number of nitrogens with one attached hydrogen (secondary N) is 1. The second kappa shape index (κ2) is 8.66. The number of rotatable bonds is 8. The van der Waals surface area contributed by atoms with Gasteiger partial charge in [0.25, 0.3) is 5.91 Å². The molecule has 0 radical (unpaired) electrons. The van der Waals surface area contributed by atoms with Gasteiger partial charge in [0.05, 0.1) is 12.3 Å². The molecule has 0 fully saturated rings. The van der Waals surface area contributed by atoms with Crippen molar-refractivity contribution in [2.75, 3.05) is 18.2 Å². The topological polar surface area (TPSA) is 103 Å². The molecule has 8 nitrogen and oxygen atoms in total. The summed E-state index contributed by atoms with van der Waals surface area (Å²) in [5.74, 6) is 0.287. The highest BCUT2D eigenvalue weighted by atomic mass is 32.2. The Hall–Kier alpha value is -3.20. The zero-order valence-electron chi connectivity index (χ0n) is 15.3. The highest BCUT2D eigenvalue weighted by molar-refractivity contribution is 7.89. The molecule has 0 unspecified atom stereocenters. The maximum absolute atomic E-state index is 12.4. The van der Waals surface area contributed by atoms with E-state index in [0.29, 0.717) is 35.7 Å². The monoisotopic (exact) mass is 400 g/mol.